The summed E-state index contributed by atoms with van der Waals surface area (Å²) in [4.78, 5) is 10.8. The molecule has 0 saturated carbocycles. The highest BCUT2D eigenvalue weighted by atomic mass is 16.5. The summed E-state index contributed by atoms with van der Waals surface area (Å²) >= 11 is 0. The molecule has 0 aliphatic carbocycles. The maximum Gasteiger partial charge on any atom is 0.333 e. The molecule has 0 amide bonds. The predicted octanol–water partition coefficient (Wildman–Crippen LogP) is 2.04. The molecule has 74 valence electrons. The van der Waals surface area contributed by atoms with Crippen molar-refractivity contribution in [2.24, 2.45) is 0 Å². The number of hydrogen-bond donors (Lipinski definition) is 0. The van der Waals surface area contributed by atoms with Crippen LogP contribution in [0.5, 0.6) is 0 Å². The van der Waals surface area contributed by atoms with Gasteiger partial charge in [-0.25, -0.2) is 4.79 Å². The van der Waals surface area contributed by atoms with Crippen LogP contribution in [-0.2, 0) is 14.3 Å². The summed E-state index contributed by atoms with van der Waals surface area (Å²) in [5.74, 6) is -0.381. The van der Waals surface area contributed by atoms with Crippen LogP contribution < -0.4 is 0 Å². The Hall–Kier alpha value is -1.25. The van der Waals surface area contributed by atoms with Crippen LogP contribution in [0.1, 0.15) is 20.3 Å². The van der Waals surface area contributed by atoms with Crippen molar-refractivity contribution in [2.75, 3.05) is 6.61 Å². The molecular weight excluding hydrogens is 168 g/mol. The Morgan fingerprint density at radius 2 is 2.31 bits per heavy atom. The van der Waals surface area contributed by atoms with E-state index in [-0.39, 0.29) is 12.1 Å². The number of esters is 1. The van der Waals surface area contributed by atoms with Crippen molar-refractivity contribution < 1.29 is 14.3 Å². The minimum absolute atomic E-state index is 0.0446. The van der Waals surface area contributed by atoms with Crippen LogP contribution in [-0.4, -0.2) is 18.7 Å². The summed E-state index contributed by atoms with van der Waals surface area (Å²) in [6.07, 6.45) is 5.19. The number of carbonyl (C=O) groups is 1. The van der Waals surface area contributed by atoms with E-state index in [2.05, 4.69) is 11.3 Å². The molecule has 0 N–H and O–H groups in total. The van der Waals surface area contributed by atoms with Crippen LogP contribution in [0.2, 0.25) is 0 Å². The summed E-state index contributed by atoms with van der Waals surface area (Å²) in [6, 6.07) is 0. The van der Waals surface area contributed by atoms with Crippen molar-refractivity contribution in [1.82, 2.24) is 0 Å². The zero-order chi connectivity index (χ0) is 10.1. The normalized spacial score (nSPS) is 12.5. The van der Waals surface area contributed by atoms with E-state index in [1.54, 1.807) is 13.0 Å². The van der Waals surface area contributed by atoms with Gasteiger partial charge in [0, 0.05) is 6.42 Å². The summed E-state index contributed by atoms with van der Waals surface area (Å²) < 4.78 is 9.80. The highest BCUT2D eigenvalue weighted by Crippen LogP contribution is 1.98. The Balaban J connectivity index is 3.60. The highest BCUT2D eigenvalue weighted by Gasteiger charge is 1.97. The third-order valence-electron chi connectivity index (χ3n) is 1.30. The lowest BCUT2D eigenvalue weighted by atomic mass is 10.3. The molecule has 0 heterocycles. The maximum absolute atomic E-state index is 10.8. The van der Waals surface area contributed by atoms with E-state index in [1.165, 1.54) is 12.3 Å². The van der Waals surface area contributed by atoms with Gasteiger partial charge >= 0.3 is 5.97 Å². The maximum atomic E-state index is 10.8. The summed E-state index contributed by atoms with van der Waals surface area (Å²) in [5, 5.41) is 0. The third-order valence-corrected chi connectivity index (χ3v) is 1.30. The first kappa shape index (κ1) is 11.8. The smallest absolute Gasteiger partial charge is 0.333 e. The van der Waals surface area contributed by atoms with Gasteiger partial charge in [0.05, 0.1) is 25.0 Å². The molecule has 1 atom stereocenters. The molecule has 0 rings (SSSR count). The van der Waals surface area contributed by atoms with Crippen molar-refractivity contribution in [1.29, 1.82) is 0 Å². The van der Waals surface area contributed by atoms with Crippen LogP contribution in [0.3, 0.4) is 0 Å². The fraction of sp³-hybridized carbons (Fsp3) is 0.500. The van der Waals surface area contributed by atoms with Crippen molar-refractivity contribution in [3.63, 3.8) is 0 Å². The van der Waals surface area contributed by atoms with Crippen molar-refractivity contribution in [2.45, 2.75) is 26.4 Å². The Labute approximate surface area is 79.0 Å². The first-order chi connectivity index (χ1) is 6.20. The molecule has 13 heavy (non-hydrogen) atoms. The van der Waals surface area contributed by atoms with Gasteiger partial charge in [0.15, 0.2) is 0 Å². The monoisotopic (exact) mass is 184 g/mol. The molecule has 0 aliphatic rings. The van der Waals surface area contributed by atoms with Crippen LogP contribution >= 0.6 is 0 Å². The Morgan fingerprint density at radius 1 is 1.62 bits per heavy atom. The predicted molar refractivity (Wildman–Crippen MR) is 51.1 cm³/mol. The molecule has 3 heteroatoms. The minimum Gasteiger partial charge on any atom is -0.498 e. The Morgan fingerprint density at radius 3 is 2.85 bits per heavy atom. The Kier molecular flexibility index (Phi) is 6.69. The van der Waals surface area contributed by atoms with E-state index < -0.39 is 0 Å². The van der Waals surface area contributed by atoms with Gasteiger partial charge in [0.25, 0.3) is 0 Å². The zero-order valence-electron chi connectivity index (χ0n) is 8.16. The molecule has 0 spiro atoms. The van der Waals surface area contributed by atoms with Crippen LogP contribution in [0.25, 0.3) is 0 Å². The van der Waals surface area contributed by atoms with Gasteiger partial charge in [-0.3, -0.25) is 0 Å². The van der Waals surface area contributed by atoms with E-state index in [0.717, 1.165) is 6.42 Å². The highest BCUT2D eigenvalue weighted by molar-refractivity contribution is 5.81. The SMILES string of the molecule is C=CCC(C)O/C=C/C(=O)OCC. The number of ether oxygens (including phenoxy) is 2. The van der Waals surface area contributed by atoms with Gasteiger partial charge in [-0.05, 0) is 13.8 Å². The lowest BCUT2D eigenvalue weighted by Crippen LogP contribution is -2.03. The van der Waals surface area contributed by atoms with Gasteiger partial charge in [-0.1, -0.05) is 6.08 Å². The Bertz CT molecular complexity index is 185. The van der Waals surface area contributed by atoms with Crippen LogP contribution in [0.4, 0.5) is 0 Å². The average molecular weight is 184 g/mol. The largest absolute Gasteiger partial charge is 0.498 e. The van der Waals surface area contributed by atoms with E-state index in [1.807, 2.05) is 6.92 Å². The van der Waals surface area contributed by atoms with Crippen molar-refractivity contribution >= 4 is 5.97 Å². The quantitative estimate of drug-likeness (QED) is 0.274. The first-order valence-corrected chi connectivity index (χ1v) is 4.30. The second kappa shape index (κ2) is 7.40. The number of hydrogen-bond acceptors (Lipinski definition) is 3. The first-order valence-electron chi connectivity index (χ1n) is 4.30. The van der Waals surface area contributed by atoms with Gasteiger partial charge in [0.2, 0.25) is 0 Å². The lowest BCUT2D eigenvalue weighted by molar-refractivity contribution is -0.137. The van der Waals surface area contributed by atoms with E-state index in [4.69, 9.17) is 4.74 Å². The molecule has 0 bridgehead atoms. The van der Waals surface area contributed by atoms with E-state index in [9.17, 15) is 4.79 Å². The van der Waals surface area contributed by atoms with E-state index >= 15 is 0 Å². The summed E-state index contributed by atoms with van der Waals surface area (Å²) in [7, 11) is 0. The van der Waals surface area contributed by atoms with Gasteiger partial charge in [-0.2, -0.15) is 0 Å². The molecule has 0 aromatic rings. The molecule has 0 fully saturated rings. The van der Waals surface area contributed by atoms with Gasteiger partial charge in [-0.15, -0.1) is 6.58 Å². The summed E-state index contributed by atoms with van der Waals surface area (Å²) in [6.45, 7) is 7.61. The fourth-order valence-corrected chi connectivity index (χ4v) is 0.710. The lowest BCUT2D eigenvalue weighted by Gasteiger charge is -2.07. The van der Waals surface area contributed by atoms with Gasteiger partial charge in [0.1, 0.15) is 0 Å². The second-order valence-electron chi connectivity index (χ2n) is 2.53. The molecule has 0 aromatic heterocycles. The molecule has 3 nitrogen and oxygen atoms in total. The summed E-state index contributed by atoms with van der Waals surface area (Å²) in [5.41, 5.74) is 0. The zero-order valence-corrected chi connectivity index (χ0v) is 8.16. The molecule has 0 saturated heterocycles. The van der Waals surface area contributed by atoms with Crippen molar-refractivity contribution in [3.05, 3.63) is 25.0 Å². The van der Waals surface area contributed by atoms with Gasteiger partial charge < -0.3 is 9.47 Å². The van der Waals surface area contributed by atoms with Crippen LogP contribution in [0.15, 0.2) is 25.0 Å². The number of rotatable bonds is 6. The second-order valence-corrected chi connectivity index (χ2v) is 2.53. The molecule has 0 aliphatic heterocycles. The van der Waals surface area contributed by atoms with E-state index in [0.29, 0.717) is 6.61 Å². The molecular formula is C10H16O3. The van der Waals surface area contributed by atoms with Crippen LogP contribution in [0, 0.1) is 0 Å². The minimum atomic E-state index is -0.381. The standard InChI is InChI=1S/C10H16O3/c1-4-6-9(3)13-8-7-10(11)12-5-2/h4,7-9H,1,5-6H2,2-3H3/b8-7+. The number of carbonyl (C=O) groups excluding carboxylic acids is 1. The third kappa shape index (κ3) is 7.12. The topological polar surface area (TPSA) is 35.5 Å². The molecule has 0 radical (unpaired) electrons. The molecule has 1 unspecified atom stereocenters. The van der Waals surface area contributed by atoms with Crippen molar-refractivity contribution in [3.8, 4) is 0 Å². The molecule has 0 aromatic carbocycles. The average Bonchev–Trinajstić information content (AvgIpc) is 2.05. The fourth-order valence-electron chi connectivity index (χ4n) is 0.710.